The van der Waals surface area contributed by atoms with Gasteiger partial charge in [0.15, 0.2) is 0 Å². The van der Waals surface area contributed by atoms with Crippen molar-refractivity contribution in [3.63, 3.8) is 0 Å². The highest BCUT2D eigenvalue weighted by Crippen LogP contribution is 2.09. The lowest BCUT2D eigenvalue weighted by molar-refractivity contribution is -0.00729. The predicted molar refractivity (Wildman–Crippen MR) is 53.1 cm³/mol. The SMILES string of the molecule is CC(C)C(N)CCOC(C)(C)C. The molecule has 0 rings (SSSR count). The lowest BCUT2D eigenvalue weighted by Crippen LogP contribution is -2.30. The molecule has 0 aliphatic rings. The Kier molecular flexibility index (Phi) is 4.80. The van der Waals surface area contributed by atoms with Crippen molar-refractivity contribution in [2.24, 2.45) is 11.7 Å². The minimum Gasteiger partial charge on any atom is -0.376 e. The van der Waals surface area contributed by atoms with Gasteiger partial charge in [0.1, 0.15) is 0 Å². The van der Waals surface area contributed by atoms with Crippen LogP contribution in [0.5, 0.6) is 0 Å². The van der Waals surface area contributed by atoms with Crippen molar-refractivity contribution < 1.29 is 4.74 Å². The predicted octanol–water partition coefficient (Wildman–Crippen LogP) is 2.17. The van der Waals surface area contributed by atoms with Gasteiger partial charge in [-0.3, -0.25) is 0 Å². The van der Waals surface area contributed by atoms with E-state index >= 15 is 0 Å². The van der Waals surface area contributed by atoms with Crippen molar-refractivity contribution in [2.75, 3.05) is 6.61 Å². The Morgan fingerprint density at radius 3 is 2.08 bits per heavy atom. The Bertz CT molecular complexity index is 115. The number of hydrogen-bond donors (Lipinski definition) is 1. The van der Waals surface area contributed by atoms with Crippen LogP contribution in [-0.2, 0) is 4.74 Å². The fourth-order valence-corrected chi connectivity index (χ4v) is 0.835. The monoisotopic (exact) mass is 173 g/mol. The van der Waals surface area contributed by atoms with Crippen LogP contribution in [0.4, 0.5) is 0 Å². The molecule has 1 atom stereocenters. The van der Waals surface area contributed by atoms with E-state index in [1.54, 1.807) is 0 Å². The van der Waals surface area contributed by atoms with Crippen LogP contribution in [0.1, 0.15) is 41.0 Å². The Morgan fingerprint density at radius 1 is 1.25 bits per heavy atom. The Labute approximate surface area is 76.5 Å². The van der Waals surface area contributed by atoms with Gasteiger partial charge in [0, 0.05) is 12.6 Å². The van der Waals surface area contributed by atoms with Crippen molar-refractivity contribution in [3.05, 3.63) is 0 Å². The van der Waals surface area contributed by atoms with E-state index in [0.29, 0.717) is 5.92 Å². The Hall–Kier alpha value is -0.0800. The summed E-state index contributed by atoms with van der Waals surface area (Å²) in [5.41, 5.74) is 5.83. The van der Waals surface area contributed by atoms with Crippen molar-refractivity contribution in [3.8, 4) is 0 Å². The zero-order valence-corrected chi connectivity index (χ0v) is 9.05. The van der Waals surface area contributed by atoms with Gasteiger partial charge in [-0.2, -0.15) is 0 Å². The van der Waals surface area contributed by atoms with Crippen LogP contribution < -0.4 is 5.73 Å². The highest BCUT2D eigenvalue weighted by molar-refractivity contribution is 4.66. The summed E-state index contributed by atoms with van der Waals surface area (Å²) in [4.78, 5) is 0. The molecule has 0 radical (unpaired) electrons. The summed E-state index contributed by atoms with van der Waals surface area (Å²) < 4.78 is 5.57. The van der Waals surface area contributed by atoms with Crippen LogP contribution >= 0.6 is 0 Å². The lowest BCUT2D eigenvalue weighted by atomic mass is 10.0. The number of nitrogens with two attached hydrogens (primary N) is 1. The average Bonchev–Trinajstić information content (AvgIpc) is 1.84. The lowest BCUT2D eigenvalue weighted by Gasteiger charge is -2.22. The first-order valence-electron chi connectivity index (χ1n) is 4.72. The van der Waals surface area contributed by atoms with E-state index in [4.69, 9.17) is 10.5 Å². The van der Waals surface area contributed by atoms with Crippen LogP contribution in [0.15, 0.2) is 0 Å². The molecular weight excluding hydrogens is 150 g/mol. The molecule has 2 N–H and O–H groups in total. The molecule has 0 aromatic rings. The summed E-state index contributed by atoms with van der Waals surface area (Å²) in [5, 5.41) is 0. The second kappa shape index (κ2) is 4.83. The number of hydrogen-bond acceptors (Lipinski definition) is 2. The molecule has 0 spiro atoms. The van der Waals surface area contributed by atoms with Gasteiger partial charge in [-0.15, -0.1) is 0 Å². The standard InChI is InChI=1S/C10H23NO/c1-8(2)9(11)6-7-12-10(3,4)5/h8-9H,6-7,11H2,1-5H3. The molecule has 0 fully saturated rings. The van der Waals surface area contributed by atoms with E-state index in [1.165, 1.54) is 0 Å². The highest BCUT2D eigenvalue weighted by atomic mass is 16.5. The molecule has 2 heteroatoms. The van der Waals surface area contributed by atoms with E-state index in [1.807, 2.05) is 0 Å². The van der Waals surface area contributed by atoms with Crippen molar-refractivity contribution in [2.45, 2.75) is 52.7 Å². The smallest absolute Gasteiger partial charge is 0.0598 e. The summed E-state index contributed by atoms with van der Waals surface area (Å²) in [6, 6.07) is 0.271. The van der Waals surface area contributed by atoms with E-state index in [2.05, 4.69) is 34.6 Å². The summed E-state index contributed by atoms with van der Waals surface area (Å²) in [6.45, 7) is 11.2. The molecule has 74 valence electrons. The molecule has 0 heterocycles. The quantitative estimate of drug-likeness (QED) is 0.707. The topological polar surface area (TPSA) is 35.2 Å². The molecule has 0 amide bonds. The zero-order chi connectivity index (χ0) is 9.78. The normalized spacial score (nSPS) is 15.2. The number of rotatable bonds is 4. The third kappa shape index (κ3) is 6.62. The molecule has 0 aromatic carbocycles. The molecule has 0 aliphatic carbocycles. The van der Waals surface area contributed by atoms with E-state index in [0.717, 1.165) is 13.0 Å². The first kappa shape index (κ1) is 11.9. The van der Waals surface area contributed by atoms with Crippen LogP contribution in [-0.4, -0.2) is 18.2 Å². The third-order valence-electron chi connectivity index (χ3n) is 1.84. The molecule has 0 bridgehead atoms. The molecule has 0 saturated heterocycles. The minimum absolute atomic E-state index is 0.0311. The molecule has 0 saturated carbocycles. The van der Waals surface area contributed by atoms with Gasteiger partial charge in [0.25, 0.3) is 0 Å². The fourth-order valence-electron chi connectivity index (χ4n) is 0.835. The molecule has 1 unspecified atom stereocenters. The summed E-state index contributed by atoms with van der Waals surface area (Å²) >= 11 is 0. The Morgan fingerprint density at radius 2 is 1.75 bits per heavy atom. The van der Waals surface area contributed by atoms with Crippen molar-refractivity contribution in [1.82, 2.24) is 0 Å². The molecule has 2 nitrogen and oxygen atoms in total. The zero-order valence-electron chi connectivity index (χ0n) is 9.05. The molecular formula is C10H23NO. The fraction of sp³-hybridized carbons (Fsp3) is 1.00. The average molecular weight is 173 g/mol. The largest absolute Gasteiger partial charge is 0.376 e. The van der Waals surface area contributed by atoms with Gasteiger partial charge in [-0.1, -0.05) is 13.8 Å². The van der Waals surface area contributed by atoms with Crippen LogP contribution in [0.3, 0.4) is 0 Å². The molecule has 0 aliphatic heterocycles. The minimum atomic E-state index is -0.0311. The summed E-state index contributed by atoms with van der Waals surface area (Å²) in [7, 11) is 0. The highest BCUT2D eigenvalue weighted by Gasteiger charge is 2.12. The maximum Gasteiger partial charge on any atom is 0.0598 e. The molecule has 12 heavy (non-hydrogen) atoms. The van der Waals surface area contributed by atoms with Gasteiger partial charge in [-0.05, 0) is 33.1 Å². The third-order valence-corrected chi connectivity index (χ3v) is 1.84. The van der Waals surface area contributed by atoms with Gasteiger partial charge < -0.3 is 10.5 Å². The molecule has 0 aromatic heterocycles. The van der Waals surface area contributed by atoms with E-state index in [-0.39, 0.29) is 11.6 Å². The van der Waals surface area contributed by atoms with Crippen LogP contribution in [0.2, 0.25) is 0 Å². The second-order valence-electron chi connectivity index (χ2n) is 4.66. The first-order valence-corrected chi connectivity index (χ1v) is 4.72. The maximum absolute atomic E-state index is 5.87. The summed E-state index contributed by atoms with van der Waals surface area (Å²) in [5.74, 6) is 0.550. The summed E-state index contributed by atoms with van der Waals surface area (Å²) in [6.07, 6.45) is 0.953. The maximum atomic E-state index is 5.87. The van der Waals surface area contributed by atoms with E-state index < -0.39 is 0 Å². The van der Waals surface area contributed by atoms with Gasteiger partial charge in [0.2, 0.25) is 0 Å². The van der Waals surface area contributed by atoms with Crippen LogP contribution in [0.25, 0.3) is 0 Å². The number of ether oxygens (including phenoxy) is 1. The van der Waals surface area contributed by atoms with Gasteiger partial charge >= 0.3 is 0 Å². The van der Waals surface area contributed by atoms with Gasteiger partial charge in [-0.25, -0.2) is 0 Å². The van der Waals surface area contributed by atoms with Crippen molar-refractivity contribution >= 4 is 0 Å². The first-order chi connectivity index (χ1) is 5.33. The Balaban J connectivity index is 3.44. The van der Waals surface area contributed by atoms with Gasteiger partial charge in [0.05, 0.1) is 5.60 Å². The van der Waals surface area contributed by atoms with Crippen molar-refractivity contribution in [1.29, 1.82) is 0 Å². The second-order valence-corrected chi connectivity index (χ2v) is 4.66. The van der Waals surface area contributed by atoms with Crippen LogP contribution in [0, 0.1) is 5.92 Å². The van der Waals surface area contributed by atoms with E-state index in [9.17, 15) is 0 Å².